The van der Waals surface area contributed by atoms with E-state index in [4.69, 9.17) is 27.6 Å². The summed E-state index contributed by atoms with van der Waals surface area (Å²) in [6.45, 7) is 1.30. The van der Waals surface area contributed by atoms with E-state index in [1.54, 1.807) is 18.2 Å². The number of carbonyl (C=O) groups is 2. The average molecular weight is 455 g/mol. The van der Waals surface area contributed by atoms with Crippen molar-refractivity contribution in [3.8, 4) is 11.3 Å². The van der Waals surface area contributed by atoms with Crippen molar-refractivity contribution in [2.24, 2.45) is 5.92 Å². The summed E-state index contributed by atoms with van der Waals surface area (Å²) >= 11 is 12.1. The summed E-state index contributed by atoms with van der Waals surface area (Å²) in [4.78, 5) is 26.9. The number of benzene rings is 2. The molecule has 1 fully saturated rings. The lowest BCUT2D eigenvalue weighted by molar-refractivity contribution is -0.133. The molecule has 158 valence electrons. The van der Waals surface area contributed by atoms with Gasteiger partial charge in [0.2, 0.25) is 5.91 Å². The first-order valence-corrected chi connectivity index (χ1v) is 11.0. The maximum absolute atomic E-state index is 12.6. The summed E-state index contributed by atoms with van der Waals surface area (Å²) in [5.41, 5.74) is 2.89. The number of carbonyl (C=O) groups excluding carboxylic acids is 2. The van der Waals surface area contributed by atoms with Gasteiger partial charge in [-0.05, 0) is 49.2 Å². The Bertz CT molecular complexity index is 1180. The van der Waals surface area contributed by atoms with Gasteiger partial charge in [0.25, 0.3) is 5.91 Å². The normalized spacial score (nSPS) is 15.5. The van der Waals surface area contributed by atoms with Crippen LogP contribution in [-0.4, -0.2) is 23.3 Å². The average Bonchev–Trinajstić information content (AvgIpc) is 3.51. The lowest BCUT2D eigenvalue weighted by atomic mass is 10.1. The number of nitrogens with zero attached hydrogens (tertiary/aromatic N) is 1. The molecule has 0 radical (unpaired) electrons. The molecule has 2 amide bonds. The molecule has 1 N–H and O–H groups in total. The van der Waals surface area contributed by atoms with Crippen molar-refractivity contribution in [3.05, 3.63) is 75.5 Å². The fraction of sp³-hybridized carbons (Fsp3) is 0.250. The third-order valence-electron chi connectivity index (χ3n) is 5.69. The summed E-state index contributed by atoms with van der Waals surface area (Å²) in [6.07, 6.45) is 2.75. The quantitative estimate of drug-likeness (QED) is 0.541. The van der Waals surface area contributed by atoms with Crippen LogP contribution in [0.15, 0.2) is 52.9 Å². The van der Waals surface area contributed by atoms with Crippen LogP contribution in [0.3, 0.4) is 0 Å². The van der Waals surface area contributed by atoms with Crippen LogP contribution in [0, 0.1) is 5.92 Å². The van der Waals surface area contributed by atoms with E-state index in [0.717, 1.165) is 41.9 Å². The van der Waals surface area contributed by atoms with Gasteiger partial charge < -0.3 is 14.6 Å². The highest BCUT2D eigenvalue weighted by Gasteiger charge is 2.35. The van der Waals surface area contributed by atoms with Crippen LogP contribution in [0.25, 0.3) is 11.3 Å². The van der Waals surface area contributed by atoms with Gasteiger partial charge in [-0.3, -0.25) is 9.59 Å². The molecule has 1 aliphatic carbocycles. The van der Waals surface area contributed by atoms with Crippen molar-refractivity contribution >= 4 is 40.7 Å². The molecule has 0 saturated heterocycles. The number of hydrogen-bond donors (Lipinski definition) is 1. The number of anilines is 1. The van der Waals surface area contributed by atoms with E-state index in [1.807, 2.05) is 35.2 Å². The Morgan fingerprint density at radius 2 is 1.90 bits per heavy atom. The van der Waals surface area contributed by atoms with E-state index in [1.165, 1.54) is 0 Å². The molecule has 0 bridgehead atoms. The first-order chi connectivity index (χ1) is 15.0. The van der Waals surface area contributed by atoms with Gasteiger partial charge in [-0.2, -0.15) is 0 Å². The SMILES string of the molecule is O=C(Nc1cccc(-c2cc3c(o2)CCN(C(=O)C2CC2)C3)c1)c1ccc(Cl)cc1Cl. The second-order valence-corrected chi connectivity index (χ2v) is 8.85. The van der Waals surface area contributed by atoms with Crippen LogP contribution in [0.2, 0.25) is 10.0 Å². The second-order valence-electron chi connectivity index (χ2n) is 8.00. The standard InChI is InChI=1S/C24H20Cl2N2O3/c25-17-6-7-19(20(26)12-17)23(29)27-18-3-1-2-15(10-18)22-11-16-13-28(9-8-21(16)31-22)24(30)14-4-5-14/h1-3,6-7,10-12,14H,4-5,8-9,13H2,(H,27,29). The van der Waals surface area contributed by atoms with Crippen LogP contribution in [-0.2, 0) is 17.8 Å². The summed E-state index contributed by atoms with van der Waals surface area (Å²) < 4.78 is 6.09. The maximum Gasteiger partial charge on any atom is 0.257 e. The monoisotopic (exact) mass is 454 g/mol. The molecule has 7 heteroatoms. The molecule has 5 nitrogen and oxygen atoms in total. The van der Waals surface area contributed by atoms with Gasteiger partial charge in [0.15, 0.2) is 0 Å². The third-order valence-corrected chi connectivity index (χ3v) is 6.23. The van der Waals surface area contributed by atoms with Crippen LogP contribution >= 0.6 is 23.2 Å². The van der Waals surface area contributed by atoms with Crippen molar-refractivity contribution in [3.63, 3.8) is 0 Å². The fourth-order valence-electron chi connectivity index (χ4n) is 3.87. The lowest BCUT2D eigenvalue weighted by Crippen LogP contribution is -2.36. The highest BCUT2D eigenvalue weighted by atomic mass is 35.5. The lowest BCUT2D eigenvalue weighted by Gasteiger charge is -2.26. The summed E-state index contributed by atoms with van der Waals surface area (Å²) in [5.74, 6) is 1.83. The van der Waals surface area contributed by atoms with E-state index in [2.05, 4.69) is 5.32 Å². The van der Waals surface area contributed by atoms with E-state index in [9.17, 15) is 9.59 Å². The first kappa shape index (κ1) is 20.2. The Kier molecular flexibility index (Phi) is 5.24. The molecular formula is C24H20Cl2N2O3. The number of rotatable bonds is 4. The number of furan rings is 1. The molecular weight excluding hydrogens is 435 g/mol. The number of hydrogen-bond acceptors (Lipinski definition) is 3. The van der Waals surface area contributed by atoms with Crippen molar-refractivity contribution in [2.45, 2.75) is 25.8 Å². The van der Waals surface area contributed by atoms with Gasteiger partial charge in [0, 0.05) is 47.3 Å². The Balaban J connectivity index is 1.34. The molecule has 1 saturated carbocycles. The number of amides is 2. The maximum atomic E-state index is 12.6. The summed E-state index contributed by atoms with van der Waals surface area (Å²) in [5, 5.41) is 3.64. The topological polar surface area (TPSA) is 62.6 Å². The molecule has 0 unspecified atom stereocenters. The van der Waals surface area contributed by atoms with Gasteiger partial charge in [0.1, 0.15) is 11.5 Å². The van der Waals surface area contributed by atoms with E-state index in [0.29, 0.717) is 34.4 Å². The molecule has 0 spiro atoms. The second kappa shape index (κ2) is 8.06. The van der Waals surface area contributed by atoms with Gasteiger partial charge in [-0.15, -0.1) is 0 Å². The van der Waals surface area contributed by atoms with E-state index < -0.39 is 0 Å². The van der Waals surface area contributed by atoms with Crippen molar-refractivity contribution < 1.29 is 14.0 Å². The van der Waals surface area contributed by atoms with Crippen LogP contribution in [0.5, 0.6) is 0 Å². The molecule has 1 aliphatic heterocycles. The molecule has 2 aliphatic rings. The predicted molar refractivity (Wildman–Crippen MR) is 120 cm³/mol. The minimum absolute atomic E-state index is 0.224. The van der Waals surface area contributed by atoms with Gasteiger partial charge in [-0.1, -0.05) is 35.3 Å². The zero-order valence-electron chi connectivity index (χ0n) is 16.7. The first-order valence-electron chi connectivity index (χ1n) is 10.2. The van der Waals surface area contributed by atoms with Crippen molar-refractivity contribution in [2.75, 3.05) is 11.9 Å². The summed E-state index contributed by atoms with van der Waals surface area (Å²) in [7, 11) is 0. The Morgan fingerprint density at radius 1 is 1.06 bits per heavy atom. The minimum Gasteiger partial charge on any atom is -0.461 e. The highest BCUT2D eigenvalue weighted by Crippen LogP contribution is 2.35. The minimum atomic E-state index is -0.313. The third kappa shape index (κ3) is 4.21. The number of nitrogens with one attached hydrogen (secondary N) is 1. The largest absolute Gasteiger partial charge is 0.461 e. The Labute approximate surface area is 189 Å². The van der Waals surface area contributed by atoms with Crippen LogP contribution < -0.4 is 5.32 Å². The summed E-state index contributed by atoms with van der Waals surface area (Å²) in [6, 6.07) is 14.2. The van der Waals surface area contributed by atoms with Gasteiger partial charge >= 0.3 is 0 Å². The number of halogens is 2. The van der Waals surface area contributed by atoms with Gasteiger partial charge in [-0.25, -0.2) is 0 Å². The van der Waals surface area contributed by atoms with Crippen molar-refractivity contribution in [1.29, 1.82) is 0 Å². The smallest absolute Gasteiger partial charge is 0.257 e. The zero-order chi connectivity index (χ0) is 21.5. The van der Waals surface area contributed by atoms with Crippen LogP contribution in [0.4, 0.5) is 5.69 Å². The van der Waals surface area contributed by atoms with Crippen LogP contribution in [0.1, 0.15) is 34.5 Å². The van der Waals surface area contributed by atoms with E-state index >= 15 is 0 Å². The molecule has 5 rings (SSSR count). The Morgan fingerprint density at radius 3 is 2.68 bits per heavy atom. The molecule has 1 aromatic heterocycles. The van der Waals surface area contributed by atoms with Gasteiger partial charge in [0.05, 0.1) is 10.6 Å². The highest BCUT2D eigenvalue weighted by molar-refractivity contribution is 6.37. The van der Waals surface area contributed by atoms with Crippen molar-refractivity contribution in [1.82, 2.24) is 4.90 Å². The number of fused-ring (bicyclic) bond motifs is 1. The molecule has 31 heavy (non-hydrogen) atoms. The molecule has 3 aromatic rings. The fourth-order valence-corrected chi connectivity index (χ4v) is 4.37. The van der Waals surface area contributed by atoms with E-state index in [-0.39, 0.29) is 17.7 Å². The zero-order valence-corrected chi connectivity index (χ0v) is 18.2. The molecule has 2 aromatic carbocycles. The molecule has 0 atom stereocenters. The Hall–Kier alpha value is -2.76. The predicted octanol–water partition coefficient (Wildman–Crippen LogP) is 5.80. The molecule has 2 heterocycles.